The number of ether oxygens (including phenoxy) is 2. The minimum Gasteiger partial charge on any atom is -0.496 e. The second-order valence-electron chi connectivity index (χ2n) is 5.53. The van der Waals surface area contributed by atoms with Crippen molar-refractivity contribution in [2.75, 3.05) is 14.2 Å². The molecule has 1 aromatic heterocycles. The Morgan fingerprint density at radius 2 is 2.09 bits per heavy atom. The number of nitrogens with zero attached hydrogens (tertiary/aromatic N) is 2. The summed E-state index contributed by atoms with van der Waals surface area (Å²) in [7, 11) is 5.32. The fourth-order valence-corrected chi connectivity index (χ4v) is 2.63. The monoisotopic (exact) mass is 303 g/mol. The summed E-state index contributed by atoms with van der Waals surface area (Å²) in [4.78, 5) is 0. The van der Waals surface area contributed by atoms with Gasteiger partial charge in [0.1, 0.15) is 5.75 Å². The number of methoxy groups -OCH3 is 2. The van der Waals surface area contributed by atoms with Gasteiger partial charge in [0.25, 0.3) is 0 Å². The van der Waals surface area contributed by atoms with Crippen LogP contribution in [0.25, 0.3) is 0 Å². The summed E-state index contributed by atoms with van der Waals surface area (Å²) in [6.45, 7) is 5.53. The van der Waals surface area contributed by atoms with Gasteiger partial charge in [0.2, 0.25) is 0 Å². The molecule has 1 N–H and O–H groups in total. The Labute approximate surface area is 132 Å². The molecule has 5 heteroatoms. The number of hydrogen-bond acceptors (Lipinski definition) is 4. The normalized spacial score (nSPS) is 12.4. The van der Waals surface area contributed by atoms with Gasteiger partial charge in [-0.2, -0.15) is 5.10 Å². The third-order valence-electron chi connectivity index (χ3n) is 3.77. The van der Waals surface area contributed by atoms with E-state index in [9.17, 15) is 0 Å². The highest BCUT2D eigenvalue weighted by molar-refractivity contribution is 5.37. The van der Waals surface area contributed by atoms with Crippen LogP contribution >= 0.6 is 0 Å². The first-order valence-electron chi connectivity index (χ1n) is 7.43. The summed E-state index contributed by atoms with van der Waals surface area (Å²) in [5.41, 5.74) is 4.57. The Hall–Kier alpha value is -1.85. The lowest BCUT2D eigenvalue weighted by Crippen LogP contribution is -2.18. The Balaban J connectivity index is 2.04. The number of hydrogen-bond donors (Lipinski definition) is 1. The molecule has 1 heterocycles. The minimum absolute atomic E-state index is 0.252. The minimum atomic E-state index is 0.252. The summed E-state index contributed by atoms with van der Waals surface area (Å²) in [6.07, 6.45) is 2.07. The van der Waals surface area contributed by atoms with Crippen molar-refractivity contribution in [3.63, 3.8) is 0 Å². The predicted molar refractivity (Wildman–Crippen MR) is 86.9 cm³/mol. The highest BCUT2D eigenvalue weighted by Gasteiger charge is 2.11. The summed E-state index contributed by atoms with van der Waals surface area (Å²) in [5.74, 6) is 0.863. The van der Waals surface area contributed by atoms with Crippen LogP contribution in [-0.4, -0.2) is 24.0 Å². The van der Waals surface area contributed by atoms with E-state index in [2.05, 4.69) is 35.7 Å². The molecule has 0 spiro atoms. The van der Waals surface area contributed by atoms with Crippen LogP contribution in [0.2, 0.25) is 0 Å². The molecule has 0 aliphatic rings. The maximum atomic E-state index is 5.35. The van der Waals surface area contributed by atoms with E-state index in [1.165, 1.54) is 11.1 Å². The molecule has 0 radical (unpaired) electrons. The Kier molecular flexibility index (Phi) is 5.57. The van der Waals surface area contributed by atoms with E-state index >= 15 is 0 Å². The zero-order valence-corrected chi connectivity index (χ0v) is 14.0. The zero-order valence-electron chi connectivity index (χ0n) is 14.0. The molecule has 0 saturated heterocycles. The van der Waals surface area contributed by atoms with Crippen molar-refractivity contribution in [1.29, 1.82) is 0 Å². The average molecular weight is 303 g/mol. The molecule has 22 heavy (non-hydrogen) atoms. The average Bonchev–Trinajstić information content (AvgIpc) is 2.84. The largest absolute Gasteiger partial charge is 0.496 e. The summed E-state index contributed by atoms with van der Waals surface area (Å²) in [6, 6.07) is 6.44. The molecular formula is C17H25N3O2. The number of aryl methyl sites for hydroxylation is 2. The third-order valence-corrected chi connectivity index (χ3v) is 3.77. The highest BCUT2D eigenvalue weighted by Crippen LogP contribution is 2.22. The van der Waals surface area contributed by atoms with Crippen LogP contribution < -0.4 is 10.1 Å². The van der Waals surface area contributed by atoms with E-state index in [4.69, 9.17) is 9.47 Å². The molecule has 1 unspecified atom stereocenters. The molecule has 0 fully saturated rings. The van der Waals surface area contributed by atoms with Gasteiger partial charge < -0.3 is 14.8 Å². The van der Waals surface area contributed by atoms with Crippen molar-refractivity contribution in [3.05, 3.63) is 46.8 Å². The molecule has 0 aliphatic carbocycles. The van der Waals surface area contributed by atoms with Gasteiger partial charge in [-0.05, 0) is 31.5 Å². The van der Waals surface area contributed by atoms with E-state index < -0.39 is 0 Å². The third kappa shape index (κ3) is 3.87. The summed E-state index contributed by atoms with van der Waals surface area (Å²) in [5, 5.41) is 7.93. The molecule has 0 amide bonds. The molecule has 2 rings (SSSR count). The van der Waals surface area contributed by atoms with Crippen LogP contribution in [0.4, 0.5) is 0 Å². The second-order valence-corrected chi connectivity index (χ2v) is 5.53. The SMILES string of the molecule is COCc1cc(CNC(C)c2cn(C)nc2C)ccc1OC. The molecule has 1 aromatic carbocycles. The highest BCUT2D eigenvalue weighted by atomic mass is 16.5. The topological polar surface area (TPSA) is 48.3 Å². The van der Waals surface area contributed by atoms with Gasteiger partial charge in [-0.3, -0.25) is 4.68 Å². The Morgan fingerprint density at radius 1 is 1.32 bits per heavy atom. The molecule has 1 atom stereocenters. The lowest BCUT2D eigenvalue weighted by atomic mass is 10.1. The van der Waals surface area contributed by atoms with Gasteiger partial charge in [-0.15, -0.1) is 0 Å². The van der Waals surface area contributed by atoms with Crippen molar-refractivity contribution in [2.24, 2.45) is 7.05 Å². The summed E-state index contributed by atoms with van der Waals surface area (Å²) >= 11 is 0. The van der Waals surface area contributed by atoms with Gasteiger partial charge in [-0.25, -0.2) is 0 Å². The molecular weight excluding hydrogens is 278 g/mol. The number of rotatable bonds is 7. The van der Waals surface area contributed by atoms with Gasteiger partial charge in [0.05, 0.1) is 19.4 Å². The number of nitrogens with one attached hydrogen (secondary N) is 1. The molecule has 0 aliphatic heterocycles. The van der Waals surface area contributed by atoms with E-state index in [1.807, 2.05) is 24.7 Å². The second kappa shape index (κ2) is 7.42. The standard InChI is InChI=1S/C17H25N3O2/c1-12(16-10-20(3)19-13(16)2)18-9-14-6-7-17(22-5)15(8-14)11-21-4/h6-8,10,12,18H,9,11H2,1-5H3. The van der Waals surface area contributed by atoms with Crippen LogP contribution in [0, 0.1) is 6.92 Å². The van der Waals surface area contributed by atoms with Crippen LogP contribution in [-0.2, 0) is 24.9 Å². The van der Waals surface area contributed by atoms with E-state index in [1.54, 1.807) is 14.2 Å². The Morgan fingerprint density at radius 3 is 2.68 bits per heavy atom. The molecule has 0 bridgehead atoms. The van der Waals surface area contributed by atoms with Crippen molar-refractivity contribution >= 4 is 0 Å². The molecule has 120 valence electrons. The lowest BCUT2D eigenvalue weighted by Gasteiger charge is -2.15. The molecule has 2 aromatic rings. The predicted octanol–water partition coefficient (Wildman–Crippen LogP) is 2.73. The first-order valence-corrected chi connectivity index (χ1v) is 7.43. The van der Waals surface area contributed by atoms with E-state index in [0.717, 1.165) is 23.6 Å². The molecule has 5 nitrogen and oxygen atoms in total. The number of benzene rings is 1. The van der Waals surface area contributed by atoms with Crippen molar-refractivity contribution in [2.45, 2.75) is 33.0 Å². The van der Waals surface area contributed by atoms with Crippen LogP contribution in [0.5, 0.6) is 5.75 Å². The van der Waals surface area contributed by atoms with Gasteiger partial charge >= 0.3 is 0 Å². The fourth-order valence-electron chi connectivity index (χ4n) is 2.63. The van der Waals surface area contributed by atoms with Gasteiger partial charge in [-0.1, -0.05) is 6.07 Å². The first kappa shape index (κ1) is 16.5. The van der Waals surface area contributed by atoms with Gasteiger partial charge in [0.15, 0.2) is 0 Å². The maximum absolute atomic E-state index is 5.35. The molecule has 0 saturated carbocycles. The van der Waals surface area contributed by atoms with Crippen LogP contribution in [0.3, 0.4) is 0 Å². The van der Waals surface area contributed by atoms with E-state index in [-0.39, 0.29) is 6.04 Å². The van der Waals surface area contributed by atoms with Crippen molar-refractivity contribution in [1.82, 2.24) is 15.1 Å². The first-order chi connectivity index (χ1) is 10.5. The van der Waals surface area contributed by atoms with Crippen molar-refractivity contribution in [3.8, 4) is 5.75 Å². The van der Waals surface area contributed by atoms with Crippen LogP contribution in [0.1, 0.15) is 35.3 Å². The van der Waals surface area contributed by atoms with Gasteiger partial charge in [0, 0.05) is 44.1 Å². The van der Waals surface area contributed by atoms with Crippen LogP contribution in [0.15, 0.2) is 24.4 Å². The lowest BCUT2D eigenvalue weighted by molar-refractivity contribution is 0.181. The quantitative estimate of drug-likeness (QED) is 0.854. The maximum Gasteiger partial charge on any atom is 0.124 e. The Bertz CT molecular complexity index is 622. The fraction of sp³-hybridized carbons (Fsp3) is 0.471. The summed E-state index contributed by atoms with van der Waals surface area (Å²) < 4.78 is 12.4. The van der Waals surface area contributed by atoms with E-state index in [0.29, 0.717) is 6.61 Å². The smallest absolute Gasteiger partial charge is 0.124 e. The van der Waals surface area contributed by atoms with Crippen molar-refractivity contribution < 1.29 is 9.47 Å². The number of aromatic nitrogens is 2. The zero-order chi connectivity index (χ0) is 16.1.